The number of aryl methyl sites for hydroxylation is 2. The van der Waals surface area contributed by atoms with Gasteiger partial charge in [-0.05, 0) is 55.3 Å². The molecule has 0 fully saturated rings. The fraction of sp³-hybridized carbons (Fsp3) is 0.188. The molecule has 3 nitrogen and oxygen atoms in total. The predicted molar refractivity (Wildman–Crippen MR) is 89.2 cm³/mol. The normalized spacial score (nSPS) is 10.3. The van der Waals surface area contributed by atoms with Crippen LogP contribution in [0.1, 0.15) is 11.1 Å². The van der Waals surface area contributed by atoms with Gasteiger partial charge in [0.2, 0.25) is 0 Å². The van der Waals surface area contributed by atoms with Gasteiger partial charge in [-0.15, -0.1) is 0 Å². The molecule has 0 aliphatic heterocycles. The van der Waals surface area contributed by atoms with E-state index in [4.69, 9.17) is 16.3 Å². The third-order valence-electron chi connectivity index (χ3n) is 2.97. The Morgan fingerprint density at radius 3 is 2.67 bits per heavy atom. The van der Waals surface area contributed by atoms with E-state index in [1.807, 2.05) is 38.1 Å². The number of hydrogen-bond acceptors (Lipinski definition) is 2. The minimum absolute atomic E-state index is 0.0486. The summed E-state index contributed by atoms with van der Waals surface area (Å²) < 4.78 is 6.49. The molecule has 0 unspecified atom stereocenters. The highest BCUT2D eigenvalue weighted by atomic mass is 79.9. The third-order valence-corrected chi connectivity index (χ3v) is 4.10. The number of anilines is 1. The number of ether oxygens (including phenoxy) is 1. The average Bonchev–Trinajstić information content (AvgIpc) is 2.44. The number of amides is 1. The molecule has 2 aromatic rings. The average molecular weight is 369 g/mol. The zero-order chi connectivity index (χ0) is 15.4. The Bertz CT molecular complexity index is 673. The van der Waals surface area contributed by atoms with E-state index in [1.54, 1.807) is 12.1 Å². The standard InChI is InChI=1S/C16H15BrClNO2/c1-10-3-4-12(18)8-15(10)19-16(20)9-21-13-5-6-14(17)11(2)7-13/h3-8H,9H2,1-2H3,(H,19,20). The number of hydrogen-bond donors (Lipinski definition) is 1. The van der Waals surface area contributed by atoms with Crippen LogP contribution in [-0.4, -0.2) is 12.5 Å². The topological polar surface area (TPSA) is 38.3 Å². The molecule has 0 saturated carbocycles. The molecule has 2 aromatic carbocycles. The highest BCUT2D eigenvalue weighted by molar-refractivity contribution is 9.10. The molecule has 0 saturated heterocycles. The predicted octanol–water partition coefficient (Wildman–Crippen LogP) is 4.74. The van der Waals surface area contributed by atoms with Crippen LogP contribution in [0.2, 0.25) is 5.02 Å². The highest BCUT2D eigenvalue weighted by Gasteiger charge is 2.07. The van der Waals surface area contributed by atoms with Crippen molar-refractivity contribution in [2.45, 2.75) is 13.8 Å². The van der Waals surface area contributed by atoms with Gasteiger partial charge in [0, 0.05) is 15.2 Å². The van der Waals surface area contributed by atoms with Crippen LogP contribution in [0.4, 0.5) is 5.69 Å². The first-order valence-corrected chi connectivity index (χ1v) is 7.58. The molecule has 1 N–H and O–H groups in total. The van der Waals surface area contributed by atoms with Crippen molar-refractivity contribution in [2.75, 3.05) is 11.9 Å². The summed E-state index contributed by atoms with van der Waals surface area (Å²) in [7, 11) is 0. The molecular formula is C16H15BrClNO2. The van der Waals surface area contributed by atoms with Crippen molar-refractivity contribution in [3.8, 4) is 5.75 Å². The number of benzene rings is 2. The maximum absolute atomic E-state index is 11.9. The third kappa shape index (κ3) is 4.48. The van der Waals surface area contributed by atoms with E-state index in [0.717, 1.165) is 15.6 Å². The lowest BCUT2D eigenvalue weighted by Gasteiger charge is -2.10. The summed E-state index contributed by atoms with van der Waals surface area (Å²) >= 11 is 9.34. The van der Waals surface area contributed by atoms with E-state index in [-0.39, 0.29) is 12.5 Å². The van der Waals surface area contributed by atoms with Crippen LogP contribution < -0.4 is 10.1 Å². The van der Waals surface area contributed by atoms with Crippen LogP contribution in [0.15, 0.2) is 40.9 Å². The van der Waals surface area contributed by atoms with Gasteiger partial charge in [0.15, 0.2) is 6.61 Å². The van der Waals surface area contributed by atoms with Crippen LogP contribution in [0.5, 0.6) is 5.75 Å². The molecule has 0 aliphatic rings. The van der Waals surface area contributed by atoms with Crippen LogP contribution in [0, 0.1) is 13.8 Å². The molecule has 5 heteroatoms. The number of carbonyl (C=O) groups is 1. The van der Waals surface area contributed by atoms with Crippen LogP contribution in [0.3, 0.4) is 0 Å². The number of rotatable bonds is 4. The van der Waals surface area contributed by atoms with Gasteiger partial charge >= 0.3 is 0 Å². The van der Waals surface area contributed by atoms with Crippen molar-refractivity contribution < 1.29 is 9.53 Å². The van der Waals surface area contributed by atoms with Crippen LogP contribution >= 0.6 is 27.5 Å². The van der Waals surface area contributed by atoms with E-state index >= 15 is 0 Å². The van der Waals surface area contributed by atoms with Gasteiger partial charge in [-0.25, -0.2) is 0 Å². The van der Waals surface area contributed by atoms with Crippen molar-refractivity contribution in [2.24, 2.45) is 0 Å². The van der Waals surface area contributed by atoms with Crippen molar-refractivity contribution in [1.29, 1.82) is 0 Å². The molecule has 110 valence electrons. The molecule has 0 atom stereocenters. The summed E-state index contributed by atoms with van der Waals surface area (Å²) in [5.41, 5.74) is 2.70. The molecule has 0 bridgehead atoms. The van der Waals surface area contributed by atoms with Crippen molar-refractivity contribution in [1.82, 2.24) is 0 Å². The maximum Gasteiger partial charge on any atom is 0.262 e. The molecule has 0 aromatic heterocycles. The van der Waals surface area contributed by atoms with E-state index in [2.05, 4.69) is 21.2 Å². The Morgan fingerprint density at radius 2 is 1.95 bits per heavy atom. The molecule has 0 aliphatic carbocycles. The molecule has 0 heterocycles. The monoisotopic (exact) mass is 367 g/mol. The summed E-state index contributed by atoms with van der Waals surface area (Å²) in [6, 6.07) is 10.9. The largest absolute Gasteiger partial charge is 0.484 e. The van der Waals surface area contributed by atoms with Crippen LogP contribution in [0.25, 0.3) is 0 Å². The molecule has 0 spiro atoms. The number of nitrogens with one attached hydrogen (secondary N) is 1. The van der Waals surface area contributed by atoms with Crippen LogP contribution in [-0.2, 0) is 4.79 Å². The Balaban J connectivity index is 1.95. The summed E-state index contributed by atoms with van der Waals surface area (Å²) in [6.07, 6.45) is 0. The van der Waals surface area contributed by atoms with Gasteiger partial charge in [0.1, 0.15) is 5.75 Å². The fourth-order valence-corrected chi connectivity index (χ4v) is 2.19. The van der Waals surface area contributed by atoms with Crippen molar-refractivity contribution >= 4 is 39.1 Å². The molecule has 1 amide bonds. The van der Waals surface area contributed by atoms with Crippen molar-refractivity contribution in [3.05, 3.63) is 57.0 Å². The minimum atomic E-state index is -0.221. The Morgan fingerprint density at radius 1 is 1.19 bits per heavy atom. The molecule has 0 radical (unpaired) electrons. The van der Waals surface area contributed by atoms with Gasteiger partial charge < -0.3 is 10.1 Å². The Labute approximate surface area is 137 Å². The van der Waals surface area contributed by atoms with Gasteiger partial charge in [-0.3, -0.25) is 4.79 Å². The summed E-state index contributed by atoms with van der Waals surface area (Å²) in [5, 5.41) is 3.37. The zero-order valence-electron chi connectivity index (χ0n) is 11.7. The Hall–Kier alpha value is -1.52. The summed E-state index contributed by atoms with van der Waals surface area (Å²) in [6.45, 7) is 3.82. The second-order valence-corrected chi connectivity index (χ2v) is 6.00. The quantitative estimate of drug-likeness (QED) is 0.846. The molecule has 2 rings (SSSR count). The van der Waals surface area contributed by atoms with E-state index in [0.29, 0.717) is 16.5 Å². The highest BCUT2D eigenvalue weighted by Crippen LogP contribution is 2.22. The zero-order valence-corrected chi connectivity index (χ0v) is 14.1. The fourth-order valence-electron chi connectivity index (χ4n) is 1.77. The molecule has 21 heavy (non-hydrogen) atoms. The lowest BCUT2D eigenvalue weighted by Crippen LogP contribution is -2.20. The SMILES string of the molecule is Cc1cc(OCC(=O)Nc2cc(Cl)ccc2C)ccc1Br. The lowest BCUT2D eigenvalue weighted by atomic mass is 10.2. The van der Waals surface area contributed by atoms with E-state index in [1.165, 1.54) is 0 Å². The lowest BCUT2D eigenvalue weighted by molar-refractivity contribution is -0.118. The number of halogens is 2. The van der Waals surface area contributed by atoms with Gasteiger partial charge in [-0.2, -0.15) is 0 Å². The van der Waals surface area contributed by atoms with Gasteiger partial charge in [-0.1, -0.05) is 33.6 Å². The summed E-state index contributed by atoms with van der Waals surface area (Å²) in [4.78, 5) is 11.9. The van der Waals surface area contributed by atoms with Gasteiger partial charge in [0.25, 0.3) is 5.91 Å². The smallest absolute Gasteiger partial charge is 0.262 e. The van der Waals surface area contributed by atoms with Crippen molar-refractivity contribution in [3.63, 3.8) is 0 Å². The second kappa shape index (κ2) is 6.96. The first-order chi connectivity index (χ1) is 9.95. The number of carbonyl (C=O) groups excluding carboxylic acids is 1. The first kappa shape index (κ1) is 15.9. The van der Waals surface area contributed by atoms with E-state index in [9.17, 15) is 4.79 Å². The van der Waals surface area contributed by atoms with Gasteiger partial charge in [0.05, 0.1) is 0 Å². The molecular weight excluding hydrogens is 354 g/mol. The Kier molecular flexibility index (Phi) is 5.26. The summed E-state index contributed by atoms with van der Waals surface area (Å²) in [5.74, 6) is 0.439. The maximum atomic E-state index is 11.9. The van der Waals surface area contributed by atoms with E-state index < -0.39 is 0 Å². The first-order valence-electron chi connectivity index (χ1n) is 6.40. The minimum Gasteiger partial charge on any atom is -0.484 e. The second-order valence-electron chi connectivity index (χ2n) is 4.71.